The summed E-state index contributed by atoms with van der Waals surface area (Å²) in [5.41, 5.74) is 2.10. The van der Waals surface area contributed by atoms with Crippen LogP contribution in [0.5, 0.6) is 0 Å². The number of fused-ring (bicyclic) bond motifs is 1. The number of rotatable bonds is 6. The first-order valence-corrected chi connectivity index (χ1v) is 10.3. The van der Waals surface area contributed by atoms with E-state index in [-0.39, 0.29) is 17.8 Å². The highest BCUT2D eigenvalue weighted by Gasteiger charge is 2.20. The predicted molar refractivity (Wildman–Crippen MR) is 111 cm³/mol. The van der Waals surface area contributed by atoms with Gasteiger partial charge in [0.15, 0.2) is 5.11 Å². The standard InChI is InChI=1S/C20H29FN4OS/c1-14(23-20(27)24-17-5-3-2-4-6-17)19(26)22-10-12-25-11-9-15-13-16(21)7-8-18(15)25/h7-8,13-14,17H,2-6,9-12H2,1H3,(H,22,26)(H2,23,24,27)/t14-/m0/s1. The fourth-order valence-electron chi connectivity index (χ4n) is 3.87. The normalized spacial score (nSPS) is 17.9. The summed E-state index contributed by atoms with van der Waals surface area (Å²) in [5.74, 6) is -0.261. The Balaban J connectivity index is 1.37. The van der Waals surface area contributed by atoms with E-state index < -0.39 is 0 Å². The summed E-state index contributed by atoms with van der Waals surface area (Å²) in [6, 6.07) is 4.95. The number of benzene rings is 1. The highest BCUT2D eigenvalue weighted by molar-refractivity contribution is 7.80. The second kappa shape index (κ2) is 9.35. The molecular formula is C20H29FN4OS. The summed E-state index contributed by atoms with van der Waals surface area (Å²) >= 11 is 5.34. The van der Waals surface area contributed by atoms with E-state index in [1.165, 1.54) is 25.3 Å². The van der Waals surface area contributed by atoms with Crippen molar-refractivity contribution in [2.45, 2.75) is 57.5 Å². The van der Waals surface area contributed by atoms with Crippen molar-refractivity contribution in [2.75, 3.05) is 24.5 Å². The van der Waals surface area contributed by atoms with Crippen LogP contribution >= 0.6 is 12.2 Å². The molecule has 1 amide bonds. The lowest BCUT2D eigenvalue weighted by atomic mass is 9.96. The van der Waals surface area contributed by atoms with Gasteiger partial charge < -0.3 is 20.9 Å². The average molecular weight is 393 g/mol. The molecule has 0 bridgehead atoms. The van der Waals surface area contributed by atoms with Crippen molar-refractivity contribution in [2.24, 2.45) is 0 Å². The molecule has 1 aliphatic heterocycles. The molecular weight excluding hydrogens is 363 g/mol. The van der Waals surface area contributed by atoms with Gasteiger partial charge in [-0.25, -0.2) is 4.39 Å². The fourth-order valence-corrected chi connectivity index (χ4v) is 4.22. The van der Waals surface area contributed by atoms with Crippen LogP contribution in [0.2, 0.25) is 0 Å². The van der Waals surface area contributed by atoms with Crippen LogP contribution < -0.4 is 20.9 Å². The average Bonchev–Trinajstić information content (AvgIpc) is 3.04. The number of amides is 1. The number of carbonyl (C=O) groups is 1. The van der Waals surface area contributed by atoms with E-state index in [0.717, 1.165) is 37.1 Å². The first-order valence-electron chi connectivity index (χ1n) is 9.91. The number of nitrogens with one attached hydrogen (secondary N) is 3. The Morgan fingerprint density at radius 3 is 2.89 bits per heavy atom. The number of hydrogen-bond acceptors (Lipinski definition) is 3. The van der Waals surface area contributed by atoms with Crippen LogP contribution in [0.15, 0.2) is 18.2 Å². The second-order valence-electron chi connectivity index (χ2n) is 7.48. The van der Waals surface area contributed by atoms with E-state index in [1.54, 1.807) is 6.07 Å². The van der Waals surface area contributed by atoms with Gasteiger partial charge in [-0.2, -0.15) is 0 Å². The number of halogens is 1. The molecule has 0 radical (unpaired) electrons. The lowest BCUT2D eigenvalue weighted by molar-refractivity contribution is -0.122. The zero-order valence-corrected chi connectivity index (χ0v) is 16.7. The summed E-state index contributed by atoms with van der Waals surface area (Å²) in [7, 11) is 0. The van der Waals surface area contributed by atoms with E-state index in [0.29, 0.717) is 24.2 Å². The minimum Gasteiger partial charge on any atom is -0.369 e. The maximum absolute atomic E-state index is 13.3. The van der Waals surface area contributed by atoms with Gasteiger partial charge in [0, 0.05) is 31.4 Å². The third kappa shape index (κ3) is 5.54. The topological polar surface area (TPSA) is 56.4 Å². The smallest absolute Gasteiger partial charge is 0.242 e. The molecule has 7 heteroatoms. The number of anilines is 1. The molecule has 5 nitrogen and oxygen atoms in total. The summed E-state index contributed by atoms with van der Waals surface area (Å²) in [6.07, 6.45) is 6.91. The summed E-state index contributed by atoms with van der Waals surface area (Å²) in [5, 5.41) is 9.91. The molecule has 0 spiro atoms. The van der Waals surface area contributed by atoms with E-state index in [1.807, 2.05) is 13.0 Å². The summed E-state index contributed by atoms with van der Waals surface area (Å²) < 4.78 is 13.3. The molecule has 27 heavy (non-hydrogen) atoms. The lowest BCUT2D eigenvalue weighted by Crippen LogP contribution is -2.51. The molecule has 1 aromatic carbocycles. The SMILES string of the molecule is C[C@H](NC(=S)NC1CCCCC1)C(=O)NCCN1CCc2cc(F)ccc21. The predicted octanol–water partition coefficient (Wildman–Crippen LogP) is 2.49. The van der Waals surface area contributed by atoms with E-state index in [9.17, 15) is 9.18 Å². The van der Waals surface area contributed by atoms with Gasteiger partial charge >= 0.3 is 0 Å². The van der Waals surface area contributed by atoms with Crippen molar-refractivity contribution in [3.05, 3.63) is 29.6 Å². The van der Waals surface area contributed by atoms with Gasteiger partial charge in [0.2, 0.25) is 5.91 Å². The molecule has 2 aliphatic rings. The number of thiocarbonyl (C=S) groups is 1. The number of carbonyl (C=O) groups excluding carboxylic acids is 1. The van der Waals surface area contributed by atoms with Crippen molar-refractivity contribution in [1.29, 1.82) is 0 Å². The molecule has 1 fully saturated rings. The van der Waals surface area contributed by atoms with Crippen molar-refractivity contribution < 1.29 is 9.18 Å². The zero-order valence-electron chi connectivity index (χ0n) is 15.9. The highest BCUT2D eigenvalue weighted by Crippen LogP contribution is 2.27. The molecule has 1 heterocycles. The van der Waals surface area contributed by atoms with Crippen LogP contribution in [0.4, 0.5) is 10.1 Å². The van der Waals surface area contributed by atoms with Crippen molar-refractivity contribution in [3.8, 4) is 0 Å². The van der Waals surface area contributed by atoms with E-state index in [2.05, 4.69) is 20.9 Å². The molecule has 1 atom stereocenters. The molecule has 1 saturated carbocycles. The van der Waals surface area contributed by atoms with Gasteiger partial charge in [-0.3, -0.25) is 4.79 Å². The quantitative estimate of drug-likeness (QED) is 0.650. The monoisotopic (exact) mass is 392 g/mol. The van der Waals surface area contributed by atoms with Crippen LogP contribution in [0.25, 0.3) is 0 Å². The van der Waals surface area contributed by atoms with Gasteiger partial charge in [-0.15, -0.1) is 0 Å². The van der Waals surface area contributed by atoms with Crippen LogP contribution in [0.1, 0.15) is 44.6 Å². The van der Waals surface area contributed by atoms with E-state index in [4.69, 9.17) is 12.2 Å². The molecule has 3 rings (SSSR count). The van der Waals surface area contributed by atoms with Crippen LogP contribution in [0.3, 0.4) is 0 Å². The number of nitrogens with zero attached hydrogens (tertiary/aromatic N) is 1. The summed E-state index contributed by atoms with van der Waals surface area (Å²) in [4.78, 5) is 14.5. The molecule has 0 aromatic heterocycles. The minimum absolute atomic E-state index is 0.0682. The number of hydrogen-bond donors (Lipinski definition) is 3. The zero-order chi connectivity index (χ0) is 19.2. The Bertz CT molecular complexity index is 678. The first kappa shape index (κ1) is 19.9. The lowest BCUT2D eigenvalue weighted by Gasteiger charge is -2.26. The highest BCUT2D eigenvalue weighted by atomic mass is 32.1. The second-order valence-corrected chi connectivity index (χ2v) is 7.88. The first-order chi connectivity index (χ1) is 13.0. The van der Waals surface area contributed by atoms with Crippen LogP contribution in [0, 0.1) is 5.82 Å². The Morgan fingerprint density at radius 2 is 2.11 bits per heavy atom. The van der Waals surface area contributed by atoms with Crippen molar-refractivity contribution in [1.82, 2.24) is 16.0 Å². The minimum atomic E-state index is -0.381. The Morgan fingerprint density at radius 1 is 1.33 bits per heavy atom. The Labute approximate surface area is 166 Å². The van der Waals surface area contributed by atoms with Gasteiger partial charge in [0.05, 0.1) is 0 Å². The maximum atomic E-state index is 13.3. The molecule has 1 aliphatic carbocycles. The van der Waals surface area contributed by atoms with Gasteiger partial charge in [-0.05, 0) is 62.2 Å². The summed E-state index contributed by atoms with van der Waals surface area (Å²) in [6.45, 7) is 3.93. The Kier molecular flexibility index (Phi) is 6.88. The maximum Gasteiger partial charge on any atom is 0.242 e. The Hall–Kier alpha value is -1.89. The fraction of sp³-hybridized carbons (Fsp3) is 0.600. The van der Waals surface area contributed by atoms with Crippen LogP contribution in [-0.4, -0.2) is 42.7 Å². The van der Waals surface area contributed by atoms with Gasteiger partial charge in [0.1, 0.15) is 11.9 Å². The molecule has 0 saturated heterocycles. The molecule has 3 N–H and O–H groups in total. The van der Waals surface area contributed by atoms with Gasteiger partial charge in [0.25, 0.3) is 0 Å². The third-order valence-corrected chi connectivity index (χ3v) is 5.63. The van der Waals surface area contributed by atoms with E-state index >= 15 is 0 Å². The van der Waals surface area contributed by atoms with Gasteiger partial charge in [-0.1, -0.05) is 19.3 Å². The van der Waals surface area contributed by atoms with Crippen molar-refractivity contribution >= 4 is 28.9 Å². The van der Waals surface area contributed by atoms with Crippen LogP contribution in [-0.2, 0) is 11.2 Å². The molecule has 148 valence electrons. The largest absolute Gasteiger partial charge is 0.369 e. The molecule has 0 unspecified atom stereocenters. The third-order valence-electron chi connectivity index (χ3n) is 5.40. The molecule has 1 aromatic rings. The van der Waals surface area contributed by atoms with Crippen molar-refractivity contribution in [3.63, 3.8) is 0 Å².